The first-order valence-corrected chi connectivity index (χ1v) is 11.1. The van der Waals surface area contributed by atoms with Crippen LogP contribution in [0.2, 0.25) is 5.02 Å². The van der Waals surface area contributed by atoms with Crippen LogP contribution in [0.25, 0.3) is 0 Å². The fraction of sp³-hybridized carbons (Fsp3) is 0.300. The molecule has 1 N–H and O–H groups in total. The zero-order valence-corrected chi connectivity index (χ0v) is 18.2. The maximum Gasteiger partial charge on any atom is 0.337 e. The molecule has 2 rings (SSSR count). The average molecular weight is 439 g/mol. The van der Waals surface area contributed by atoms with Gasteiger partial charge in [-0.3, -0.25) is 9.10 Å². The molecule has 9 heteroatoms. The third-order valence-electron chi connectivity index (χ3n) is 4.31. The molecule has 0 aromatic heterocycles. The molecule has 1 amide bonds. The summed E-state index contributed by atoms with van der Waals surface area (Å²) in [5.74, 6) is -0.991. The molecule has 7 nitrogen and oxygen atoms in total. The molecule has 2 aromatic rings. The smallest absolute Gasteiger partial charge is 0.337 e. The molecule has 0 fully saturated rings. The van der Waals surface area contributed by atoms with Gasteiger partial charge in [-0.1, -0.05) is 24.6 Å². The summed E-state index contributed by atoms with van der Waals surface area (Å²) in [5.41, 5.74) is 1.87. The number of hydrogen-bond donors (Lipinski definition) is 1. The van der Waals surface area contributed by atoms with Gasteiger partial charge in [-0.05, 0) is 55.3 Å². The zero-order valence-electron chi connectivity index (χ0n) is 16.6. The Morgan fingerprint density at radius 3 is 2.28 bits per heavy atom. The van der Waals surface area contributed by atoms with Crippen LogP contribution in [0.3, 0.4) is 0 Å². The van der Waals surface area contributed by atoms with Crippen molar-refractivity contribution in [2.75, 3.05) is 23.0 Å². The first-order valence-electron chi connectivity index (χ1n) is 8.83. The molecule has 2 aromatic carbocycles. The van der Waals surface area contributed by atoms with E-state index in [1.165, 1.54) is 25.3 Å². The molecule has 0 radical (unpaired) electrons. The van der Waals surface area contributed by atoms with Crippen LogP contribution >= 0.6 is 11.6 Å². The van der Waals surface area contributed by atoms with E-state index in [2.05, 4.69) is 10.1 Å². The van der Waals surface area contributed by atoms with Crippen molar-refractivity contribution in [3.05, 3.63) is 58.6 Å². The van der Waals surface area contributed by atoms with Gasteiger partial charge in [-0.15, -0.1) is 0 Å². The number of halogens is 1. The van der Waals surface area contributed by atoms with Gasteiger partial charge in [0.25, 0.3) is 0 Å². The Kier molecular flexibility index (Phi) is 7.26. The predicted molar refractivity (Wildman–Crippen MR) is 114 cm³/mol. The molecule has 156 valence electrons. The van der Waals surface area contributed by atoms with Crippen LogP contribution in [-0.4, -0.2) is 39.7 Å². The predicted octanol–water partition coefficient (Wildman–Crippen LogP) is 3.62. The highest BCUT2D eigenvalue weighted by Gasteiger charge is 2.31. The van der Waals surface area contributed by atoms with Crippen molar-refractivity contribution >= 4 is 44.9 Å². The van der Waals surface area contributed by atoms with E-state index in [-0.39, 0.29) is 6.42 Å². The summed E-state index contributed by atoms with van der Waals surface area (Å²) < 4.78 is 30.7. The van der Waals surface area contributed by atoms with Crippen molar-refractivity contribution in [1.82, 2.24) is 0 Å². The highest BCUT2D eigenvalue weighted by molar-refractivity contribution is 7.92. The maximum atomic E-state index is 12.9. The molecule has 0 heterocycles. The van der Waals surface area contributed by atoms with Gasteiger partial charge in [-0.2, -0.15) is 0 Å². The molecule has 0 spiro atoms. The normalized spacial score (nSPS) is 12.2. The van der Waals surface area contributed by atoms with Crippen molar-refractivity contribution in [2.24, 2.45) is 0 Å². The molecular formula is C20H23ClN2O5S. The first kappa shape index (κ1) is 22.7. The summed E-state index contributed by atoms with van der Waals surface area (Å²) >= 11 is 6.16. The van der Waals surface area contributed by atoms with Crippen molar-refractivity contribution in [3.63, 3.8) is 0 Å². The summed E-state index contributed by atoms with van der Waals surface area (Å²) in [7, 11) is -2.49. The summed E-state index contributed by atoms with van der Waals surface area (Å²) in [5, 5.41) is 3.10. The minimum Gasteiger partial charge on any atom is -0.465 e. The Bertz CT molecular complexity index is 1010. The molecule has 0 saturated carbocycles. The number of carbonyl (C=O) groups is 2. The third-order valence-corrected chi connectivity index (χ3v) is 5.90. The van der Waals surface area contributed by atoms with E-state index in [1.807, 2.05) is 0 Å². The first-order chi connectivity index (χ1) is 13.6. The van der Waals surface area contributed by atoms with E-state index in [1.54, 1.807) is 38.1 Å². The Morgan fingerprint density at radius 1 is 1.17 bits per heavy atom. The highest BCUT2D eigenvalue weighted by Crippen LogP contribution is 2.28. The Hall–Kier alpha value is -2.58. The molecule has 29 heavy (non-hydrogen) atoms. The number of methoxy groups -OCH3 is 1. The highest BCUT2D eigenvalue weighted by atomic mass is 35.5. The molecule has 0 bridgehead atoms. The minimum atomic E-state index is -3.76. The largest absolute Gasteiger partial charge is 0.465 e. The number of aryl methyl sites for hydroxylation is 1. The number of ether oxygens (including phenoxy) is 1. The maximum absolute atomic E-state index is 12.9. The van der Waals surface area contributed by atoms with Gasteiger partial charge in [-0.25, -0.2) is 13.2 Å². The number of esters is 1. The number of nitrogens with one attached hydrogen (secondary N) is 1. The number of hydrogen-bond acceptors (Lipinski definition) is 5. The van der Waals surface area contributed by atoms with Gasteiger partial charge in [0.1, 0.15) is 6.04 Å². The van der Waals surface area contributed by atoms with Crippen LogP contribution in [0.15, 0.2) is 42.5 Å². The van der Waals surface area contributed by atoms with E-state index >= 15 is 0 Å². The van der Waals surface area contributed by atoms with Crippen LogP contribution in [0.4, 0.5) is 11.4 Å². The van der Waals surface area contributed by atoms with Crippen molar-refractivity contribution in [3.8, 4) is 0 Å². The molecule has 1 atom stereocenters. The van der Waals surface area contributed by atoms with Crippen LogP contribution in [0.1, 0.15) is 29.3 Å². The molecule has 0 aliphatic heterocycles. The summed E-state index contributed by atoms with van der Waals surface area (Å²) in [6.45, 7) is 3.53. The van der Waals surface area contributed by atoms with Crippen LogP contribution in [0, 0.1) is 6.92 Å². The lowest BCUT2D eigenvalue weighted by molar-refractivity contribution is -0.117. The van der Waals surface area contributed by atoms with Crippen LogP contribution in [-0.2, 0) is 19.6 Å². The molecule has 0 aliphatic carbocycles. The van der Waals surface area contributed by atoms with Crippen molar-refractivity contribution < 1.29 is 22.7 Å². The number of amides is 1. The van der Waals surface area contributed by atoms with Crippen molar-refractivity contribution in [1.29, 1.82) is 0 Å². The number of nitrogens with zero attached hydrogens (tertiary/aromatic N) is 1. The second-order valence-electron chi connectivity index (χ2n) is 6.47. The Labute approximate surface area is 175 Å². The Balaban J connectivity index is 2.33. The van der Waals surface area contributed by atoms with Gasteiger partial charge in [0.15, 0.2) is 0 Å². The fourth-order valence-corrected chi connectivity index (χ4v) is 4.19. The summed E-state index contributed by atoms with van der Waals surface area (Å²) in [4.78, 5) is 24.4. The van der Waals surface area contributed by atoms with E-state index in [9.17, 15) is 18.0 Å². The van der Waals surface area contributed by atoms with Gasteiger partial charge >= 0.3 is 5.97 Å². The third kappa shape index (κ3) is 5.48. The van der Waals surface area contributed by atoms with Gasteiger partial charge in [0.05, 0.1) is 24.6 Å². The number of benzene rings is 2. The molecule has 0 aliphatic rings. The number of anilines is 2. The zero-order chi connectivity index (χ0) is 21.8. The van der Waals surface area contributed by atoms with Gasteiger partial charge in [0.2, 0.25) is 15.9 Å². The van der Waals surface area contributed by atoms with Crippen LogP contribution < -0.4 is 9.62 Å². The van der Waals surface area contributed by atoms with E-state index < -0.39 is 27.9 Å². The monoisotopic (exact) mass is 438 g/mol. The fourth-order valence-electron chi connectivity index (χ4n) is 2.81. The SMILES string of the molecule is CCC(C(=O)Nc1ccc(C(=O)OC)cc1)N(c1ccc(C)c(Cl)c1)S(C)(=O)=O. The Morgan fingerprint density at radius 2 is 1.79 bits per heavy atom. The van der Waals surface area contributed by atoms with E-state index in [0.717, 1.165) is 16.1 Å². The van der Waals surface area contributed by atoms with Crippen LogP contribution in [0.5, 0.6) is 0 Å². The topological polar surface area (TPSA) is 92.8 Å². The lowest BCUT2D eigenvalue weighted by Crippen LogP contribution is -2.47. The summed E-state index contributed by atoms with van der Waals surface area (Å²) in [6, 6.07) is 9.97. The number of sulfonamides is 1. The lowest BCUT2D eigenvalue weighted by atomic mass is 10.1. The second kappa shape index (κ2) is 9.28. The number of carbonyl (C=O) groups excluding carboxylic acids is 2. The van der Waals surface area contributed by atoms with Gasteiger partial charge in [0, 0.05) is 10.7 Å². The van der Waals surface area contributed by atoms with E-state index in [4.69, 9.17) is 11.6 Å². The molecular weight excluding hydrogens is 416 g/mol. The average Bonchev–Trinajstić information content (AvgIpc) is 2.67. The molecule has 1 unspecified atom stereocenters. The minimum absolute atomic E-state index is 0.241. The second-order valence-corrected chi connectivity index (χ2v) is 8.74. The standard InChI is InChI=1S/C20H23ClN2O5S/c1-5-18(19(24)22-15-9-7-14(8-10-15)20(25)28-3)23(29(4,26)27)16-11-6-13(2)17(21)12-16/h6-12,18H,5H2,1-4H3,(H,22,24). The lowest BCUT2D eigenvalue weighted by Gasteiger charge is -2.30. The van der Waals surface area contributed by atoms with Crippen molar-refractivity contribution in [2.45, 2.75) is 26.3 Å². The number of rotatable bonds is 7. The molecule has 0 saturated heterocycles. The van der Waals surface area contributed by atoms with E-state index in [0.29, 0.717) is 22.0 Å². The quantitative estimate of drug-likeness (QED) is 0.666. The van der Waals surface area contributed by atoms with Gasteiger partial charge < -0.3 is 10.1 Å². The summed E-state index contributed by atoms with van der Waals surface area (Å²) in [6.07, 6.45) is 1.28.